The summed E-state index contributed by atoms with van der Waals surface area (Å²) in [5.41, 5.74) is 1.99. The Kier molecular flexibility index (Phi) is 4.55. The lowest BCUT2D eigenvalue weighted by molar-refractivity contribution is 0.171. The molecule has 2 aromatic rings. The molecule has 0 fully saturated rings. The molecule has 3 N–H and O–H groups in total. The molecule has 0 amide bonds. The van der Waals surface area contributed by atoms with E-state index in [1.165, 1.54) is 0 Å². The van der Waals surface area contributed by atoms with Crippen molar-refractivity contribution in [2.75, 3.05) is 6.54 Å². The monoisotopic (exact) mass is 257 g/mol. The van der Waals surface area contributed by atoms with Gasteiger partial charge in [0.05, 0.1) is 6.10 Å². The van der Waals surface area contributed by atoms with E-state index < -0.39 is 6.10 Å². The summed E-state index contributed by atoms with van der Waals surface area (Å²) >= 11 is 0. The molecule has 0 aliphatic carbocycles. The predicted molar refractivity (Wildman–Crippen MR) is 75.9 cm³/mol. The van der Waals surface area contributed by atoms with Crippen LogP contribution in [0.1, 0.15) is 30.2 Å². The molecule has 1 unspecified atom stereocenters. The van der Waals surface area contributed by atoms with E-state index in [0.717, 1.165) is 11.1 Å². The Morgan fingerprint density at radius 3 is 2.21 bits per heavy atom. The zero-order chi connectivity index (χ0) is 13.7. The maximum atomic E-state index is 10.1. The molecule has 0 aromatic heterocycles. The van der Waals surface area contributed by atoms with E-state index in [-0.39, 0.29) is 11.8 Å². The third kappa shape index (κ3) is 3.81. The van der Waals surface area contributed by atoms with Crippen LogP contribution in [0.5, 0.6) is 5.75 Å². The number of rotatable bonds is 5. The summed E-state index contributed by atoms with van der Waals surface area (Å²) in [4.78, 5) is 0. The zero-order valence-electron chi connectivity index (χ0n) is 11.0. The molecule has 0 spiro atoms. The molecule has 3 heteroatoms. The van der Waals surface area contributed by atoms with Crippen LogP contribution in [-0.2, 0) is 0 Å². The number of aromatic hydroxyl groups is 1. The SMILES string of the molecule is CC(NC[C@H](O)c1ccccc1)c1ccc(O)cc1. The summed E-state index contributed by atoms with van der Waals surface area (Å²) in [5, 5.41) is 22.6. The van der Waals surface area contributed by atoms with Crippen LogP contribution in [0, 0.1) is 0 Å². The number of nitrogens with one attached hydrogen (secondary N) is 1. The van der Waals surface area contributed by atoms with Crippen molar-refractivity contribution >= 4 is 0 Å². The third-order valence-corrected chi connectivity index (χ3v) is 3.19. The highest BCUT2D eigenvalue weighted by Crippen LogP contribution is 2.17. The van der Waals surface area contributed by atoms with E-state index in [1.807, 2.05) is 49.4 Å². The van der Waals surface area contributed by atoms with Crippen LogP contribution in [0.4, 0.5) is 0 Å². The molecule has 2 rings (SSSR count). The fraction of sp³-hybridized carbons (Fsp3) is 0.250. The molecule has 3 nitrogen and oxygen atoms in total. The number of phenolic OH excluding ortho intramolecular Hbond substituents is 1. The molecule has 0 saturated carbocycles. The van der Waals surface area contributed by atoms with Gasteiger partial charge in [0.25, 0.3) is 0 Å². The van der Waals surface area contributed by atoms with E-state index >= 15 is 0 Å². The van der Waals surface area contributed by atoms with Gasteiger partial charge in [0.15, 0.2) is 0 Å². The van der Waals surface area contributed by atoms with Crippen LogP contribution in [0.2, 0.25) is 0 Å². The first-order chi connectivity index (χ1) is 9.16. The third-order valence-electron chi connectivity index (χ3n) is 3.19. The van der Waals surface area contributed by atoms with Gasteiger partial charge in [-0.25, -0.2) is 0 Å². The number of aliphatic hydroxyl groups is 1. The van der Waals surface area contributed by atoms with E-state index in [1.54, 1.807) is 12.1 Å². The lowest BCUT2D eigenvalue weighted by Crippen LogP contribution is -2.24. The van der Waals surface area contributed by atoms with Crippen LogP contribution in [-0.4, -0.2) is 16.8 Å². The second-order valence-electron chi connectivity index (χ2n) is 4.65. The first kappa shape index (κ1) is 13.6. The number of hydrogen-bond acceptors (Lipinski definition) is 3. The first-order valence-electron chi connectivity index (χ1n) is 6.42. The van der Waals surface area contributed by atoms with Gasteiger partial charge in [-0.15, -0.1) is 0 Å². The van der Waals surface area contributed by atoms with Gasteiger partial charge in [-0.05, 0) is 30.2 Å². The number of hydrogen-bond donors (Lipinski definition) is 3. The van der Waals surface area contributed by atoms with Gasteiger partial charge in [0.2, 0.25) is 0 Å². The average Bonchev–Trinajstić information content (AvgIpc) is 2.46. The Morgan fingerprint density at radius 1 is 0.947 bits per heavy atom. The number of phenols is 1. The molecule has 2 aromatic carbocycles. The fourth-order valence-corrected chi connectivity index (χ4v) is 1.96. The van der Waals surface area contributed by atoms with Crippen molar-refractivity contribution < 1.29 is 10.2 Å². The minimum atomic E-state index is -0.513. The maximum absolute atomic E-state index is 10.1. The van der Waals surface area contributed by atoms with Crippen LogP contribution >= 0.6 is 0 Å². The Morgan fingerprint density at radius 2 is 1.58 bits per heavy atom. The molecule has 0 aliphatic rings. The topological polar surface area (TPSA) is 52.5 Å². The second-order valence-corrected chi connectivity index (χ2v) is 4.65. The largest absolute Gasteiger partial charge is 0.508 e. The molecule has 0 heterocycles. The maximum Gasteiger partial charge on any atom is 0.115 e. The van der Waals surface area contributed by atoms with E-state index in [0.29, 0.717) is 6.54 Å². The highest BCUT2D eigenvalue weighted by molar-refractivity contribution is 5.27. The van der Waals surface area contributed by atoms with Crippen molar-refractivity contribution in [1.29, 1.82) is 0 Å². The summed E-state index contributed by atoms with van der Waals surface area (Å²) in [7, 11) is 0. The lowest BCUT2D eigenvalue weighted by Gasteiger charge is -2.17. The first-order valence-corrected chi connectivity index (χ1v) is 6.42. The molecule has 0 bridgehead atoms. The second kappa shape index (κ2) is 6.36. The zero-order valence-corrected chi connectivity index (χ0v) is 11.0. The smallest absolute Gasteiger partial charge is 0.115 e. The van der Waals surface area contributed by atoms with Gasteiger partial charge in [0.1, 0.15) is 5.75 Å². The van der Waals surface area contributed by atoms with Crippen molar-refractivity contribution in [3.05, 3.63) is 65.7 Å². The molecule has 19 heavy (non-hydrogen) atoms. The number of aliphatic hydroxyl groups excluding tert-OH is 1. The lowest BCUT2D eigenvalue weighted by atomic mass is 10.1. The Labute approximate surface area is 113 Å². The van der Waals surface area contributed by atoms with Crippen LogP contribution in [0.15, 0.2) is 54.6 Å². The Bertz CT molecular complexity index is 496. The summed E-state index contributed by atoms with van der Waals surface area (Å²) in [6.45, 7) is 2.52. The average molecular weight is 257 g/mol. The normalized spacial score (nSPS) is 14.0. The van der Waals surface area contributed by atoms with Gasteiger partial charge in [-0.1, -0.05) is 42.5 Å². The molecule has 100 valence electrons. The van der Waals surface area contributed by atoms with Gasteiger partial charge < -0.3 is 15.5 Å². The molecule has 0 aliphatic heterocycles. The van der Waals surface area contributed by atoms with Crippen molar-refractivity contribution in [1.82, 2.24) is 5.32 Å². The van der Waals surface area contributed by atoms with E-state index in [2.05, 4.69) is 5.32 Å². The predicted octanol–water partition coefficient (Wildman–Crippen LogP) is 2.78. The van der Waals surface area contributed by atoms with Gasteiger partial charge in [0, 0.05) is 12.6 Å². The summed E-state index contributed by atoms with van der Waals surface area (Å²) in [6.07, 6.45) is -0.513. The molecule has 0 radical (unpaired) electrons. The summed E-state index contributed by atoms with van der Waals surface area (Å²) < 4.78 is 0. The fourth-order valence-electron chi connectivity index (χ4n) is 1.96. The van der Waals surface area contributed by atoms with Gasteiger partial charge in [-0.2, -0.15) is 0 Å². The van der Waals surface area contributed by atoms with Crippen molar-refractivity contribution in [3.63, 3.8) is 0 Å². The highest BCUT2D eigenvalue weighted by atomic mass is 16.3. The Hall–Kier alpha value is -1.84. The minimum Gasteiger partial charge on any atom is -0.508 e. The molecular weight excluding hydrogens is 238 g/mol. The van der Waals surface area contributed by atoms with Gasteiger partial charge >= 0.3 is 0 Å². The van der Waals surface area contributed by atoms with E-state index in [4.69, 9.17) is 0 Å². The number of benzene rings is 2. The quantitative estimate of drug-likeness (QED) is 0.772. The summed E-state index contributed by atoms with van der Waals surface area (Å²) in [5.74, 6) is 0.264. The molecule has 0 saturated heterocycles. The van der Waals surface area contributed by atoms with Crippen LogP contribution in [0.3, 0.4) is 0 Å². The van der Waals surface area contributed by atoms with Crippen LogP contribution in [0.25, 0.3) is 0 Å². The standard InChI is InChI=1S/C16H19NO2/c1-12(13-7-9-15(18)10-8-13)17-11-16(19)14-5-3-2-4-6-14/h2-10,12,16-19H,11H2,1H3/t12?,16-/m0/s1. The van der Waals surface area contributed by atoms with Crippen molar-refractivity contribution in [2.45, 2.75) is 19.1 Å². The molecular formula is C16H19NO2. The van der Waals surface area contributed by atoms with Crippen LogP contribution < -0.4 is 5.32 Å². The van der Waals surface area contributed by atoms with Crippen molar-refractivity contribution in [3.8, 4) is 5.75 Å². The van der Waals surface area contributed by atoms with E-state index in [9.17, 15) is 10.2 Å². The summed E-state index contributed by atoms with van der Waals surface area (Å²) in [6, 6.07) is 16.8. The van der Waals surface area contributed by atoms with Gasteiger partial charge in [-0.3, -0.25) is 0 Å². The highest BCUT2D eigenvalue weighted by Gasteiger charge is 2.10. The minimum absolute atomic E-state index is 0.124. The molecule has 2 atom stereocenters. The Balaban J connectivity index is 1.90. The van der Waals surface area contributed by atoms with Crippen molar-refractivity contribution in [2.24, 2.45) is 0 Å².